The number of rotatable bonds is 6. The van der Waals surface area contributed by atoms with E-state index in [4.69, 9.17) is 23.2 Å². The van der Waals surface area contributed by atoms with Gasteiger partial charge in [0.15, 0.2) is 44.6 Å². The molecule has 298 valence electrons. The molecule has 58 heavy (non-hydrogen) atoms. The Bertz CT molecular complexity index is 2510. The van der Waals surface area contributed by atoms with Gasteiger partial charge in [0.25, 0.3) is 11.8 Å². The van der Waals surface area contributed by atoms with Crippen molar-refractivity contribution < 1.29 is 50.6 Å². The van der Waals surface area contributed by atoms with Crippen molar-refractivity contribution in [3.05, 3.63) is 119 Å². The van der Waals surface area contributed by atoms with Crippen LogP contribution in [-0.2, 0) is 19.2 Å². The third kappa shape index (κ3) is 5.47. The summed E-state index contributed by atoms with van der Waals surface area (Å²) >= 11 is 14.1. The first-order valence-corrected chi connectivity index (χ1v) is 18.3. The highest BCUT2D eigenvalue weighted by Gasteiger charge is 2.77. The van der Waals surface area contributed by atoms with E-state index in [0.29, 0.717) is 11.4 Å². The molecular formula is C40H27Cl2F6N5O5. The number of aromatic hydroxyl groups is 1. The Morgan fingerprint density at radius 1 is 0.724 bits per heavy atom. The van der Waals surface area contributed by atoms with Crippen molar-refractivity contribution in [2.45, 2.75) is 28.5 Å². The maximum Gasteiger partial charge on any atom is 0.258 e. The summed E-state index contributed by atoms with van der Waals surface area (Å²) in [6.07, 6.45) is 0.615. The first-order chi connectivity index (χ1) is 27.4. The maximum absolute atomic E-state index is 15.3. The Kier molecular flexibility index (Phi) is 9.23. The number of allylic oxidation sites excluding steroid dienone is 2. The Morgan fingerprint density at radius 3 is 1.86 bits per heavy atom. The number of anilines is 3. The average molecular weight is 843 g/mol. The van der Waals surface area contributed by atoms with Crippen LogP contribution in [0.25, 0.3) is 0 Å². The molecule has 10 nitrogen and oxygen atoms in total. The molecule has 1 N–H and O–H groups in total. The van der Waals surface area contributed by atoms with Crippen molar-refractivity contribution in [1.29, 1.82) is 0 Å². The van der Waals surface area contributed by atoms with Gasteiger partial charge in [-0.05, 0) is 85.0 Å². The SMILES string of the molecule is CN(C)c1ccc(N=Nc2ccc(N3C(=O)[C@H]4[C@H](CC=C5[C@H]4C[C@@]4(Cl)C(=O)N(c6c(F)c(F)c(F)c(F)c6F)C(=O)[C@@]4(Cl)[C@H]5c4ccc(O)c(F)c4)C3=O)cc2)cc1. The van der Waals surface area contributed by atoms with Gasteiger partial charge in [-0.3, -0.25) is 24.1 Å². The first kappa shape index (κ1) is 39.1. The molecule has 2 aliphatic carbocycles. The molecule has 4 amide bonds. The maximum atomic E-state index is 15.3. The molecule has 3 fully saturated rings. The van der Waals surface area contributed by atoms with Gasteiger partial charge in [-0.1, -0.05) is 17.7 Å². The molecule has 4 aliphatic rings. The highest BCUT2D eigenvalue weighted by Crippen LogP contribution is 2.66. The van der Waals surface area contributed by atoms with Gasteiger partial charge in [-0.2, -0.15) is 10.2 Å². The molecule has 2 heterocycles. The minimum absolute atomic E-state index is 0.121. The van der Waals surface area contributed by atoms with E-state index in [1.807, 2.05) is 31.1 Å². The Balaban J connectivity index is 1.18. The monoisotopic (exact) mass is 841 g/mol. The minimum Gasteiger partial charge on any atom is -0.505 e. The summed E-state index contributed by atoms with van der Waals surface area (Å²) in [5, 5.41) is 18.4. The van der Waals surface area contributed by atoms with E-state index >= 15 is 8.78 Å². The third-order valence-electron chi connectivity index (χ3n) is 11.3. The number of carbonyl (C=O) groups is 4. The lowest BCUT2D eigenvalue weighted by Crippen LogP contribution is -2.60. The number of hydrogen-bond acceptors (Lipinski definition) is 8. The molecule has 0 bridgehead atoms. The van der Waals surface area contributed by atoms with Gasteiger partial charge in [0.1, 0.15) is 5.69 Å². The van der Waals surface area contributed by atoms with Crippen LogP contribution in [0.1, 0.15) is 24.3 Å². The molecule has 18 heteroatoms. The van der Waals surface area contributed by atoms with Crippen LogP contribution in [0.3, 0.4) is 0 Å². The van der Waals surface area contributed by atoms with Crippen molar-refractivity contribution in [3.63, 3.8) is 0 Å². The number of phenols is 1. The summed E-state index contributed by atoms with van der Waals surface area (Å²) < 4.78 is 88.5. The van der Waals surface area contributed by atoms with Crippen LogP contribution in [0.5, 0.6) is 5.75 Å². The van der Waals surface area contributed by atoms with Gasteiger partial charge in [0.2, 0.25) is 17.6 Å². The fraction of sp³-hybridized carbons (Fsp3) is 0.250. The number of fused-ring (bicyclic) bond motifs is 4. The Hall–Kier alpha value is -5.74. The van der Waals surface area contributed by atoms with Gasteiger partial charge >= 0.3 is 0 Å². The minimum atomic E-state index is -2.84. The average Bonchev–Trinajstić information content (AvgIpc) is 3.54. The Morgan fingerprint density at radius 2 is 1.29 bits per heavy atom. The van der Waals surface area contributed by atoms with Crippen LogP contribution in [0, 0.1) is 52.7 Å². The standard InChI is InChI=1S/C40H27Cl2F6N5O5/c1-51(2)20-8-4-18(5-9-20)49-50-19-6-10-21(11-7-19)52-35(55)23-13-12-22-24(27(23)36(52)56)16-39(41)37(57)53(34-32(47)30(45)29(44)31(46)33(34)48)38(58)40(39,42)28(22)17-3-14-26(54)25(43)15-17/h3-12,14-15,23-24,27-28,54H,13,16H2,1-2H3/t23-,24+,27-,28-,39+,40-/m0/s1. The second-order valence-corrected chi connectivity index (χ2v) is 15.8. The van der Waals surface area contributed by atoms with Gasteiger partial charge < -0.3 is 10.0 Å². The van der Waals surface area contributed by atoms with Gasteiger partial charge in [-0.25, -0.2) is 31.2 Å². The van der Waals surface area contributed by atoms with Crippen molar-refractivity contribution in [2.75, 3.05) is 28.8 Å². The number of carbonyl (C=O) groups excluding carboxylic acids is 4. The number of imide groups is 2. The van der Waals surface area contributed by atoms with Crippen molar-refractivity contribution in [1.82, 2.24) is 0 Å². The summed E-state index contributed by atoms with van der Waals surface area (Å²) in [7, 11) is 3.79. The van der Waals surface area contributed by atoms with E-state index in [2.05, 4.69) is 10.2 Å². The van der Waals surface area contributed by atoms with E-state index in [0.717, 1.165) is 28.8 Å². The number of nitrogens with zero attached hydrogens (tertiary/aromatic N) is 5. The van der Waals surface area contributed by atoms with Crippen molar-refractivity contribution in [2.24, 2.45) is 28.0 Å². The summed E-state index contributed by atoms with van der Waals surface area (Å²) in [6, 6.07) is 16.1. The lowest BCUT2D eigenvalue weighted by Gasteiger charge is -2.50. The fourth-order valence-electron chi connectivity index (χ4n) is 8.50. The zero-order valence-electron chi connectivity index (χ0n) is 30.0. The summed E-state index contributed by atoms with van der Waals surface area (Å²) in [5.74, 6) is -24.6. The predicted octanol–water partition coefficient (Wildman–Crippen LogP) is 8.48. The van der Waals surface area contributed by atoms with Crippen LogP contribution < -0.4 is 14.7 Å². The molecule has 4 aromatic rings. The molecule has 2 saturated heterocycles. The number of alkyl halides is 2. The molecule has 8 rings (SSSR count). The molecule has 6 atom stereocenters. The molecule has 2 aliphatic heterocycles. The van der Waals surface area contributed by atoms with Crippen LogP contribution in [-0.4, -0.2) is 52.6 Å². The van der Waals surface area contributed by atoms with Gasteiger partial charge in [0, 0.05) is 25.7 Å². The molecule has 0 spiro atoms. The number of amides is 4. The molecule has 0 aromatic heterocycles. The number of phenolic OH excluding ortho intramolecular Hbond substituents is 1. The largest absolute Gasteiger partial charge is 0.505 e. The van der Waals surface area contributed by atoms with E-state index < -0.39 is 110 Å². The molecule has 0 unspecified atom stereocenters. The lowest BCUT2D eigenvalue weighted by atomic mass is 9.56. The zero-order chi connectivity index (χ0) is 41.7. The topological polar surface area (TPSA) is 123 Å². The first-order valence-electron chi connectivity index (χ1n) is 17.6. The molecule has 4 aromatic carbocycles. The van der Waals surface area contributed by atoms with Crippen LogP contribution in [0.15, 0.2) is 88.6 Å². The second kappa shape index (κ2) is 13.7. The number of benzene rings is 4. The summed E-state index contributed by atoms with van der Waals surface area (Å²) in [6.45, 7) is 0. The predicted molar refractivity (Wildman–Crippen MR) is 198 cm³/mol. The summed E-state index contributed by atoms with van der Waals surface area (Å²) in [4.78, 5) is 54.0. The van der Waals surface area contributed by atoms with Crippen LogP contribution in [0.4, 0.5) is 54.8 Å². The second-order valence-electron chi connectivity index (χ2n) is 14.5. The third-order valence-corrected chi connectivity index (χ3v) is 12.7. The smallest absolute Gasteiger partial charge is 0.258 e. The quantitative estimate of drug-likeness (QED) is 0.0396. The van der Waals surface area contributed by atoms with Crippen LogP contribution in [0.2, 0.25) is 0 Å². The fourth-order valence-corrected chi connectivity index (χ4v) is 9.43. The summed E-state index contributed by atoms with van der Waals surface area (Å²) in [5.41, 5.74) is 0.0698. The lowest BCUT2D eigenvalue weighted by molar-refractivity contribution is -0.125. The van der Waals surface area contributed by atoms with Crippen molar-refractivity contribution in [3.8, 4) is 5.75 Å². The van der Waals surface area contributed by atoms with Gasteiger partial charge in [0.05, 0.1) is 28.9 Å². The number of halogens is 8. The van der Waals surface area contributed by atoms with Gasteiger partial charge in [-0.15, -0.1) is 23.2 Å². The number of azo groups is 1. The van der Waals surface area contributed by atoms with E-state index in [9.17, 15) is 41.8 Å². The zero-order valence-corrected chi connectivity index (χ0v) is 31.5. The highest BCUT2D eigenvalue weighted by atomic mass is 35.5. The van der Waals surface area contributed by atoms with E-state index in [-0.39, 0.29) is 28.1 Å². The van der Waals surface area contributed by atoms with E-state index in [1.54, 1.807) is 12.1 Å². The van der Waals surface area contributed by atoms with Crippen molar-refractivity contribution >= 4 is 75.3 Å². The molecule has 1 saturated carbocycles. The molecule has 0 radical (unpaired) electrons. The van der Waals surface area contributed by atoms with Crippen LogP contribution >= 0.6 is 23.2 Å². The Labute approximate surface area is 334 Å². The molecular weight excluding hydrogens is 815 g/mol. The number of hydrogen-bond donors (Lipinski definition) is 1. The highest BCUT2D eigenvalue weighted by molar-refractivity contribution is 6.58. The van der Waals surface area contributed by atoms with E-state index in [1.165, 1.54) is 30.3 Å². The normalized spacial score (nSPS) is 26.6.